The van der Waals surface area contributed by atoms with Gasteiger partial charge in [0.25, 0.3) is 0 Å². The smallest absolute Gasteiger partial charge is 0.221 e. The van der Waals surface area contributed by atoms with Gasteiger partial charge in [-0.2, -0.15) is 0 Å². The molecule has 0 unspecified atom stereocenters. The summed E-state index contributed by atoms with van der Waals surface area (Å²) in [5.74, 6) is 0.122. The van der Waals surface area contributed by atoms with Gasteiger partial charge in [-0.1, -0.05) is 66.7 Å². The fourth-order valence-corrected chi connectivity index (χ4v) is 2.97. The van der Waals surface area contributed by atoms with E-state index in [1.165, 1.54) is 11.1 Å². The zero-order valence-electron chi connectivity index (χ0n) is 14.4. The highest BCUT2D eigenvalue weighted by atomic mass is 35.5. The molecule has 2 aromatic carbocycles. The molecular weight excluding hydrogens is 332 g/mol. The van der Waals surface area contributed by atoms with Crippen LogP contribution in [0.4, 0.5) is 0 Å². The number of benzene rings is 2. The number of amides is 1. The fraction of sp³-hybridized carbons (Fsp3) is 0.286. The average molecular weight is 357 g/mol. The van der Waals surface area contributed by atoms with E-state index in [9.17, 15) is 4.79 Å². The SMILES string of the molecule is Cl.O=C(CCN1CC=C(c2ccccc2)CC1)NCc1ccccc1. The summed E-state index contributed by atoms with van der Waals surface area (Å²) in [4.78, 5) is 14.3. The van der Waals surface area contributed by atoms with Crippen LogP contribution >= 0.6 is 12.4 Å². The van der Waals surface area contributed by atoms with Crippen LogP contribution in [0.15, 0.2) is 66.7 Å². The lowest BCUT2D eigenvalue weighted by Crippen LogP contribution is -2.33. The molecule has 0 fully saturated rings. The fourth-order valence-electron chi connectivity index (χ4n) is 2.97. The third-order valence-electron chi connectivity index (χ3n) is 4.43. The third kappa shape index (κ3) is 6.04. The van der Waals surface area contributed by atoms with E-state index >= 15 is 0 Å². The molecular formula is C21H25ClN2O. The quantitative estimate of drug-likeness (QED) is 0.851. The molecule has 3 nitrogen and oxygen atoms in total. The zero-order chi connectivity index (χ0) is 16.6. The predicted octanol–water partition coefficient (Wildman–Crippen LogP) is 3.90. The summed E-state index contributed by atoms with van der Waals surface area (Å²) in [6.07, 6.45) is 3.90. The van der Waals surface area contributed by atoms with E-state index in [1.54, 1.807) is 0 Å². The molecule has 1 aliphatic rings. The van der Waals surface area contributed by atoms with Crippen molar-refractivity contribution in [2.45, 2.75) is 19.4 Å². The molecule has 0 saturated carbocycles. The Balaban J connectivity index is 0.00000225. The second-order valence-corrected chi connectivity index (χ2v) is 6.16. The Morgan fingerprint density at radius 1 is 1.00 bits per heavy atom. The molecule has 132 valence electrons. The first kappa shape index (κ1) is 19.2. The van der Waals surface area contributed by atoms with Crippen LogP contribution in [0.5, 0.6) is 0 Å². The van der Waals surface area contributed by atoms with E-state index in [2.05, 4.69) is 40.6 Å². The number of nitrogens with zero attached hydrogens (tertiary/aromatic N) is 1. The summed E-state index contributed by atoms with van der Waals surface area (Å²) in [5.41, 5.74) is 3.87. The highest BCUT2D eigenvalue weighted by molar-refractivity contribution is 5.85. The molecule has 0 aliphatic carbocycles. The Morgan fingerprint density at radius 2 is 1.68 bits per heavy atom. The van der Waals surface area contributed by atoms with Crippen molar-refractivity contribution >= 4 is 23.9 Å². The van der Waals surface area contributed by atoms with Gasteiger partial charge in [0.05, 0.1) is 0 Å². The van der Waals surface area contributed by atoms with E-state index in [4.69, 9.17) is 0 Å². The Labute approximate surface area is 156 Å². The summed E-state index contributed by atoms with van der Waals surface area (Å²) in [5, 5.41) is 2.99. The van der Waals surface area contributed by atoms with Crippen molar-refractivity contribution in [2.75, 3.05) is 19.6 Å². The van der Waals surface area contributed by atoms with Crippen LogP contribution in [0.2, 0.25) is 0 Å². The van der Waals surface area contributed by atoms with Gasteiger partial charge >= 0.3 is 0 Å². The first-order chi connectivity index (χ1) is 11.8. The standard InChI is InChI=1S/C21H24N2O.ClH/c24-21(22-17-18-7-3-1-4-8-18)13-16-23-14-11-20(12-15-23)19-9-5-2-6-10-19;/h1-11H,12-17H2,(H,22,24);1H. The second kappa shape index (κ2) is 10.0. The van der Waals surface area contributed by atoms with Crippen molar-refractivity contribution in [1.29, 1.82) is 0 Å². The Bertz CT molecular complexity index is 686. The summed E-state index contributed by atoms with van der Waals surface area (Å²) in [6.45, 7) is 3.37. The van der Waals surface area contributed by atoms with Crippen LogP contribution in [0.1, 0.15) is 24.0 Å². The lowest BCUT2D eigenvalue weighted by molar-refractivity contribution is -0.121. The van der Waals surface area contributed by atoms with Crippen LogP contribution in [-0.2, 0) is 11.3 Å². The number of nitrogens with one attached hydrogen (secondary N) is 1. The molecule has 3 rings (SSSR count). The van der Waals surface area contributed by atoms with E-state index < -0.39 is 0 Å². The van der Waals surface area contributed by atoms with Gasteiger partial charge in [-0.15, -0.1) is 12.4 Å². The molecule has 1 N–H and O–H groups in total. The van der Waals surface area contributed by atoms with Crippen LogP contribution in [0, 0.1) is 0 Å². The predicted molar refractivity (Wildman–Crippen MR) is 106 cm³/mol. The normalized spacial score (nSPS) is 14.3. The van der Waals surface area contributed by atoms with Crippen LogP contribution in [0.3, 0.4) is 0 Å². The maximum Gasteiger partial charge on any atom is 0.221 e. The molecule has 1 amide bonds. The first-order valence-electron chi connectivity index (χ1n) is 8.59. The van der Waals surface area contributed by atoms with Gasteiger partial charge in [0.15, 0.2) is 0 Å². The molecule has 0 saturated heterocycles. The summed E-state index contributed by atoms with van der Waals surface area (Å²) in [7, 11) is 0. The van der Waals surface area contributed by atoms with E-state index in [-0.39, 0.29) is 18.3 Å². The molecule has 0 radical (unpaired) electrons. The van der Waals surface area contributed by atoms with Crippen LogP contribution < -0.4 is 5.32 Å². The summed E-state index contributed by atoms with van der Waals surface area (Å²) >= 11 is 0. The minimum atomic E-state index is 0. The minimum Gasteiger partial charge on any atom is -0.352 e. The van der Waals surface area contributed by atoms with Gasteiger partial charge < -0.3 is 5.32 Å². The van der Waals surface area contributed by atoms with E-state index in [0.29, 0.717) is 13.0 Å². The van der Waals surface area contributed by atoms with Gasteiger partial charge in [-0.05, 0) is 23.1 Å². The van der Waals surface area contributed by atoms with Gasteiger partial charge in [0.1, 0.15) is 0 Å². The number of carbonyl (C=O) groups excluding carboxylic acids is 1. The van der Waals surface area contributed by atoms with E-state index in [1.807, 2.05) is 36.4 Å². The Morgan fingerprint density at radius 3 is 2.32 bits per heavy atom. The van der Waals surface area contributed by atoms with Gasteiger partial charge in [-0.3, -0.25) is 9.69 Å². The topological polar surface area (TPSA) is 32.3 Å². The zero-order valence-corrected chi connectivity index (χ0v) is 15.2. The molecule has 0 atom stereocenters. The van der Waals surface area contributed by atoms with Gasteiger partial charge in [0, 0.05) is 32.6 Å². The van der Waals surface area contributed by atoms with Crippen molar-refractivity contribution in [3.05, 3.63) is 77.9 Å². The Kier molecular flexibility index (Phi) is 7.71. The number of halogens is 1. The maximum atomic E-state index is 12.0. The number of hydrogen-bond acceptors (Lipinski definition) is 2. The molecule has 4 heteroatoms. The molecule has 2 aromatic rings. The lowest BCUT2D eigenvalue weighted by Gasteiger charge is -2.26. The highest BCUT2D eigenvalue weighted by Gasteiger charge is 2.13. The first-order valence-corrected chi connectivity index (χ1v) is 8.59. The number of carbonyl (C=O) groups is 1. The van der Waals surface area contributed by atoms with Gasteiger partial charge in [-0.25, -0.2) is 0 Å². The highest BCUT2D eigenvalue weighted by Crippen LogP contribution is 2.21. The largest absolute Gasteiger partial charge is 0.352 e. The van der Waals surface area contributed by atoms with Crippen molar-refractivity contribution in [2.24, 2.45) is 0 Å². The van der Waals surface area contributed by atoms with Crippen molar-refractivity contribution in [3.8, 4) is 0 Å². The van der Waals surface area contributed by atoms with Crippen LogP contribution in [-0.4, -0.2) is 30.4 Å². The Hall–Kier alpha value is -2.10. The second-order valence-electron chi connectivity index (χ2n) is 6.16. The number of hydrogen-bond donors (Lipinski definition) is 1. The van der Waals surface area contributed by atoms with Crippen molar-refractivity contribution in [3.63, 3.8) is 0 Å². The minimum absolute atomic E-state index is 0. The molecule has 25 heavy (non-hydrogen) atoms. The average Bonchev–Trinajstić information content (AvgIpc) is 2.67. The van der Waals surface area contributed by atoms with Crippen LogP contribution in [0.25, 0.3) is 5.57 Å². The monoisotopic (exact) mass is 356 g/mol. The lowest BCUT2D eigenvalue weighted by atomic mass is 9.99. The molecule has 1 aliphatic heterocycles. The third-order valence-corrected chi connectivity index (χ3v) is 4.43. The van der Waals surface area contributed by atoms with Gasteiger partial charge in [0.2, 0.25) is 5.91 Å². The summed E-state index contributed by atoms with van der Waals surface area (Å²) < 4.78 is 0. The summed E-state index contributed by atoms with van der Waals surface area (Å²) in [6, 6.07) is 20.6. The molecule has 0 spiro atoms. The van der Waals surface area contributed by atoms with Crippen molar-refractivity contribution < 1.29 is 4.79 Å². The molecule has 0 bridgehead atoms. The van der Waals surface area contributed by atoms with E-state index in [0.717, 1.165) is 31.6 Å². The molecule has 0 aromatic heterocycles. The van der Waals surface area contributed by atoms with Crippen molar-refractivity contribution in [1.82, 2.24) is 10.2 Å². The number of rotatable bonds is 6. The maximum absolute atomic E-state index is 12.0. The molecule has 1 heterocycles.